The van der Waals surface area contributed by atoms with Gasteiger partial charge in [0.25, 0.3) is 0 Å². The van der Waals surface area contributed by atoms with Crippen molar-refractivity contribution in [3.8, 4) is 0 Å². The summed E-state index contributed by atoms with van der Waals surface area (Å²) in [5.74, 6) is 3.10. The second-order valence-electron chi connectivity index (χ2n) is 3.31. The second-order valence-corrected chi connectivity index (χ2v) is 3.67. The molecule has 0 aromatic carbocycles. The van der Waals surface area contributed by atoms with E-state index in [0.29, 0.717) is 11.6 Å². The molecule has 0 spiro atoms. The molecule has 0 nitrogen and oxygen atoms in total. The minimum Gasteiger partial charge on any atom is -0.179 e. The minimum absolute atomic E-state index is 0.676. The van der Waals surface area contributed by atoms with Gasteiger partial charge in [-0.05, 0) is 23.3 Å². The van der Waals surface area contributed by atoms with Gasteiger partial charge in [0.05, 0.1) is 0 Å². The Morgan fingerprint density at radius 1 is 1.45 bits per heavy atom. The summed E-state index contributed by atoms with van der Waals surface area (Å²) in [6.07, 6.45) is 5.40. The van der Waals surface area contributed by atoms with E-state index in [9.17, 15) is 0 Å². The molecule has 60 valence electrons. The molecule has 0 radical (unpaired) electrons. The summed E-state index contributed by atoms with van der Waals surface area (Å²) in [7, 11) is 1.23. The number of rotatable bonds is 3. The molecule has 2 heteroatoms. The Morgan fingerprint density at radius 2 is 2.18 bits per heavy atom. The van der Waals surface area contributed by atoms with Gasteiger partial charge in [0, 0.05) is 0 Å². The summed E-state index contributed by atoms with van der Waals surface area (Å²) in [4.78, 5) is 0. The Morgan fingerprint density at radius 3 is 2.55 bits per heavy atom. The Labute approximate surface area is 75.4 Å². The van der Waals surface area contributed by atoms with E-state index in [2.05, 4.69) is 37.9 Å². The number of hydrogen-bond donors (Lipinski definition) is 1. The third-order valence-corrected chi connectivity index (χ3v) is 3.13. The van der Waals surface area contributed by atoms with Crippen LogP contribution < -0.4 is 0 Å². The molecular formula is C9H15BS. The monoisotopic (exact) mass is 166 g/mol. The van der Waals surface area contributed by atoms with Crippen LogP contribution in [-0.4, -0.2) is 13.0 Å². The molecule has 1 aliphatic heterocycles. The van der Waals surface area contributed by atoms with Crippen LogP contribution >= 0.6 is 12.6 Å². The van der Waals surface area contributed by atoms with Crippen molar-refractivity contribution in [2.45, 2.75) is 18.1 Å². The van der Waals surface area contributed by atoms with Gasteiger partial charge < -0.3 is 0 Å². The highest BCUT2D eigenvalue weighted by molar-refractivity contribution is 7.80. The molecule has 1 aliphatic rings. The lowest BCUT2D eigenvalue weighted by molar-refractivity contribution is 0.600. The third kappa shape index (κ3) is 1.93. The van der Waals surface area contributed by atoms with Crippen LogP contribution in [0, 0.1) is 5.92 Å². The molecule has 1 saturated heterocycles. The number of thiol groups is 1. The first kappa shape index (κ1) is 8.99. The maximum atomic E-state index is 4.33. The highest BCUT2D eigenvalue weighted by Gasteiger charge is 2.30. The molecule has 0 saturated carbocycles. The zero-order valence-electron chi connectivity index (χ0n) is 6.87. The molecule has 0 aliphatic carbocycles. The van der Waals surface area contributed by atoms with E-state index in [1.807, 2.05) is 0 Å². The Bertz CT molecular complexity index is 156. The van der Waals surface area contributed by atoms with Crippen LogP contribution in [0.4, 0.5) is 0 Å². The first-order valence-electron chi connectivity index (χ1n) is 4.17. The van der Waals surface area contributed by atoms with Crippen LogP contribution in [0.2, 0.25) is 11.6 Å². The SMILES string of the molecule is C=CC1BC(C=C)C(CS)C1. The van der Waals surface area contributed by atoms with E-state index in [1.54, 1.807) is 0 Å². The summed E-state index contributed by atoms with van der Waals surface area (Å²) in [6, 6.07) is 0. The lowest BCUT2D eigenvalue weighted by atomic mass is 9.60. The zero-order chi connectivity index (χ0) is 8.27. The highest BCUT2D eigenvalue weighted by atomic mass is 32.1. The van der Waals surface area contributed by atoms with Crippen molar-refractivity contribution in [3.05, 3.63) is 25.3 Å². The van der Waals surface area contributed by atoms with E-state index < -0.39 is 0 Å². The van der Waals surface area contributed by atoms with E-state index in [0.717, 1.165) is 11.7 Å². The van der Waals surface area contributed by atoms with Crippen LogP contribution in [0.15, 0.2) is 25.3 Å². The van der Waals surface area contributed by atoms with Gasteiger partial charge in [-0.25, -0.2) is 0 Å². The van der Waals surface area contributed by atoms with Crippen LogP contribution in [0.3, 0.4) is 0 Å². The van der Waals surface area contributed by atoms with Gasteiger partial charge in [-0.1, -0.05) is 18.6 Å². The third-order valence-electron chi connectivity index (χ3n) is 2.66. The number of allylic oxidation sites excluding steroid dienone is 2. The molecular weight excluding hydrogens is 151 g/mol. The van der Waals surface area contributed by atoms with Gasteiger partial charge in [-0.15, -0.1) is 13.2 Å². The summed E-state index contributed by atoms with van der Waals surface area (Å²) in [5, 5.41) is 0. The van der Waals surface area contributed by atoms with Gasteiger partial charge >= 0.3 is 0 Å². The largest absolute Gasteiger partial charge is 0.179 e. The standard InChI is InChI=1S/C9H15BS/c1-3-8-5-7(6-11)9(4-2)10-8/h3-4,7-11H,1-2,5-6H2. The first-order valence-corrected chi connectivity index (χ1v) is 4.81. The van der Waals surface area contributed by atoms with Gasteiger partial charge in [-0.2, -0.15) is 12.6 Å². The van der Waals surface area contributed by atoms with E-state index in [1.165, 1.54) is 13.7 Å². The Hall–Kier alpha value is -0.105. The van der Waals surface area contributed by atoms with Crippen LogP contribution in [0.25, 0.3) is 0 Å². The average molecular weight is 166 g/mol. The molecule has 3 unspecified atom stereocenters. The van der Waals surface area contributed by atoms with Crippen LogP contribution in [0.1, 0.15) is 6.42 Å². The fourth-order valence-electron chi connectivity index (χ4n) is 1.89. The van der Waals surface area contributed by atoms with Crippen molar-refractivity contribution in [2.75, 3.05) is 5.75 Å². The maximum Gasteiger partial charge on any atom is 0.137 e. The lowest BCUT2D eigenvalue weighted by Gasteiger charge is -2.11. The molecule has 1 heterocycles. The van der Waals surface area contributed by atoms with E-state index in [-0.39, 0.29) is 0 Å². The molecule has 1 fully saturated rings. The van der Waals surface area contributed by atoms with E-state index in [4.69, 9.17) is 0 Å². The second kappa shape index (κ2) is 4.05. The molecule has 0 aromatic heterocycles. The molecule has 0 N–H and O–H groups in total. The van der Waals surface area contributed by atoms with Crippen molar-refractivity contribution >= 4 is 19.9 Å². The smallest absolute Gasteiger partial charge is 0.137 e. The summed E-state index contributed by atoms with van der Waals surface area (Å²) in [6.45, 7) is 7.66. The van der Waals surface area contributed by atoms with Crippen molar-refractivity contribution in [2.24, 2.45) is 5.92 Å². The normalized spacial score (nSPS) is 36.3. The molecule has 0 amide bonds. The maximum absolute atomic E-state index is 4.33. The Kier molecular flexibility index (Phi) is 3.31. The number of hydrogen-bond acceptors (Lipinski definition) is 1. The van der Waals surface area contributed by atoms with Crippen LogP contribution in [-0.2, 0) is 0 Å². The quantitative estimate of drug-likeness (QED) is 0.371. The van der Waals surface area contributed by atoms with Gasteiger partial charge in [0.1, 0.15) is 7.28 Å². The lowest BCUT2D eigenvalue weighted by Crippen LogP contribution is -2.04. The van der Waals surface area contributed by atoms with Gasteiger partial charge in [-0.3, -0.25) is 0 Å². The Balaban J connectivity index is 2.53. The minimum atomic E-state index is 0.676. The molecule has 0 aromatic rings. The highest BCUT2D eigenvalue weighted by Crippen LogP contribution is 2.39. The fourth-order valence-corrected chi connectivity index (χ4v) is 2.31. The van der Waals surface area contributed by atoms with Crippen molar-refractivity contribution in [1.29, 1.82) is 0 Å². The molecule has 0 bridgehead atoms. The van der Waals surface area contributed by atoms with Crippen molar-refractivity contribution < 1.29 is 0 Å². The summed E-state index contributed by atoms with van der Waals surface area (Å²) >= 11 is 4.33. The van der Waals surface area contributed by atoms with E-state index >= 15 is 0 Å². The molecule has 3 atom stereocenters. The first-order chi connectivity index (χ1) is 5.31. The predicted molar refractivity (Wildman–Crippen MR) is 57.0 cm³/mol. The molecule has 1 rings (SSSR count). The van der Waals surface area contributed by atoms with Gasteiger partial charge in [0.2, 0.25) is 0 Å². The summed E-state index contributed by atoms with van der Waals surface area (Å²) < 4.78 is 0. The average Bonchev–Trinajstić information content (AvgIpc) is 2.46. The van der Waals surface area contributed by atoms with Crippen LogP contribution in [0.5, 0.6) is 0 Å². The van der Waals surface area contributed by atoms with Gasteiger partial charge in [0.15, 0.2) is 0 Å². The topological polar surface area (TPSA) is 0 Å². The summed E-state index contributed by atoms with van der Waals surface area (Å²) in [5.41, 5.74) is 0. The van der Waals surface area contributed by atoms with Crippen molar-refractivity contribution in [3.63, 3.8) is 0 Å². The van der Waals surface area contributed by atoms with Crippen molar-refractivity contribution in [1.82, 2.24) is 0 Å². The zero-order valence-corrected chi connectivity index (χ0v) is 7.76. The molecule has 11 heavy (non-hydrogen) atoms. The fraction of sp³-hybridized carbons (Fsp3) is 0.556. The predicted octanol–water partition coefficient (Wildman–Crippen LogP) is 2.32.